The fraction of sp³-hybridized carbons (Fsp3) is 0. The second-order valence-corrected chi connectivity index (χ2v) is 3.27. The van der Waals surface area contributed by atoms with Gasteiger partial charge in [0.25, 0.3) is 0 Å². The number of rotatable bonds is 2. The van der Waals surface area contributed by atoms with E-state index >= 15 is 0 Å². The summed E-state index contributed by atoms with van der Waals surface area (Å²) in [7, 11) is 0. The Hall–Kier alpha value is -1.89. The Morgan fingerprint density at radius 3 is 2.13 bits per heavy atom. The highest BCUT2D eigenvalue weighted by molar-refractivity contribution is 5.69. The highest BCUT2D eigenvalue weighted by Crippen LogP contribution is 2.11. The molecule has 0 unspecified atom stereocenters. The topological polar surface area (TPSA) is 0 Å². The van der Waals surface area contributed by atoms with Gasteiger partial charge >= 0.3 is 0 Å². The van der Waals surface area contributed by atoms with Crippen LogP contribution in [0.4, 0.5) is 4.39 Å². The van der Waals surface area contributed by atoms with Crippen molar-refractivity contribution in [2.45, 2.75) is 0 Å². The first-order valence-corrected chi connectivity index (χ1v) is 4.84. The maximum absolute atomic E-state index is 13.2. The Morgan fingerprint density at radius 2 is 1.40 bits per heavy atom. The van der Waals surface area contributed by atoms with Crippen molar-refractivity contribution in [1.82, 2.24) is 0 Å². The second-order valence-electron chi connectivity index (χ2n) is 3.27. The molecule has 0 spiro atoms. The molecule has 0 radical (unpaired) electrons. The molecule has 0 aliphatic rings. The van der Waals surface area contributed by atoms with Gasteiger partial charge in [0.2, 0.25) is 0 Å². The molecule has 0 aliphatic carbocycles. The molecule has 0 N–H and O–H groups in total. The van der Waals surface area contributed by atoms with Gasteiger partial charge in [0.1, 0.15) is 5.82 Å². The van der Waals surface area contributed by atoms with Gasteiger partial charge in [-0.05, 0) is 11.6 Å². The minimum Gasteiger partial charge on any atom is -0.206 e. The molecule has 2 aromatic carbocycles. The summed E-state index contributed by atoms with van der Waals surface area (Å²) in [5.74, 6) is -0.190. The van der Waals surface area contributed by atoms with Crippen molar-refractivity contribution in [2.75, 3.05) is 0 Å². The number of halogens is 1. The van der Waals surface area contributed by atoms with Gasteiger partial charge in [0, 0.05) is 5.56 Å². The van der Waals surface area contributed by atoms with Gasteiger partial charge in [-0.3, -0.25) is 0 Å². The molecular weight excluding hydrogens is 187 g/mol. The molecule has 2 aromatic rings. The van der Waals surface area contributed by atoms with Crippen molar-refractivity contribution in [3.05, 3.63) is 71.5 Å². The summed E-state index contributed by atoms with van der Waals surface area (Å²) in [5, 5.41) is 0. The predicted octanol–water partition coefficient (Wildman–Crippen LogP) is 4.00. The molecule has 0 amide bonds. The molecule has 0 fully saturated rings. The molecule has 74 valence electrons. The lowest BCUT2D eigenvalue weighted by Gasteiger charge is -1.95. The molecule has 0 saturated heterocycles. The van der Waals surface area contributed by atoms with Crippen LogP contribution in [0, 0.1) is 5.82 Å². The molecule has 0 atom stereocenters. The van der Waals surface area contributed by atoms with Crippen molar-refractivity contribution < 1.29 is 4.39 Å². The van der Waals surface area contributed by atoms with Crippen LogP contribution in [-0.4, -0.2) is 0 Å². The van der Waals surface area contributed by atoms with Gasteiger partial charge < -0.3 is 0 Å². The van der Waals surface area contributed by atoms with Gasteiger partial charge in [-0.25, -0.2) is 4.39 Å². The van der Waals surface area contributed by atoms with Gasteiger partial charge in [0.15, 0.2) is 0 Å². The van der Waals surface area contributed by atoms with Gasteiger partial charge in [0.05, 0.1) is 0 Å². The summed E-state index contributed by atoms with van der Waals surface area (Å²) in [6, 6.07) is 16.6. The summed E-state index contributed by atoms with van der Waals surface area (Å²) >= 11 is 0. The molecule has 0 nitrogen and oxygen atoms in total. The van der Waals surface area contributed by atoms with E-state index in [1.165, 1.54) is 6.07 Å². The van der Waals surface area contributed by atoms with Crippen LogP contribution in [0.5, 0.6) is 0 Å². The summed E-state index contributed by atoms with van der Waals surface area (Å²) < 4.78 is 13.2. The summed E-state index contributed by atoms with van der Waals surface area (Å²) in [6.45, 7) is 0. The van der Waals surface area contributed by atoms with Crippen LogP contribution in [0.15, 0.2) is 54.6 Å². The van der Waals surface area contributed by atoms with Crippen molar-refractivity contribution in [3.63, 3.8) is 0 Å². The van der Waals surface area contributed by atoms with Crippen LogP contribution in [0.3, 0.4) is 0 Å². The lowest BCUT2D eigenvalue weighted by Crippen LogP contribution is -1.79. The monoisotopic (exact) mass is 198 g/mol. The molecule has 0 aliphatic heterocycles. The maximum Gasteiger partial charge on any atom is 0.130 e. The van der Waals surface area contributed by atoms with Crippen molar-refractivity contribution in [1.29, 1.82) is 0 Å². The fourth-order valence-corrected chi connectivity index (χ4v) is 1.36. The zero-order valence-corrected chi connectivity index (χ0v) is 8.23. The fourth-order valence-electron chi connectivity index (χ4n) is 1.36. The first kappa shape index (κ1) is 9.66. The van der Waals surface area contributed by atoms with E-state index in [1.54, 1.807) is 18.2 Å². The van der Waals surface area contributed by atoms with E-state index in [9.17, 15) is 4.39 Å². The minimum absolute atomic E-state index is 0.190. The van der Waals surface area contributed by atoms with Crippen LogP contribution in [0.1, 0.15) is 11.1 Å². The molecule has 0 aromatic heterocycles. The molecule has 15 heavy (non-hydrogen) atoms. The highest BCUT2D eigenvalue weighted by atomic mass is 19.1. The third-order valence-electron chi connectivity index (χ3n) is 2.16. The molecule has 2 rings (SSSR count). The largest absolute Gasteiger partial charge is 0.206 e. The highest BCUT2D eigenvalue weighted by Gasteiger charge is 1.94. The van der Waals surface area contributed by atoms with E-state index in [-0.39, 0.29) is 5.82 Å². The minimum atomic E-state index is -0.190. The van der Waals surface area contributed by atoms with E-state index < -0.39 is 0 Å². The zero-order valence-electron chi connectivity index (χ0n) is 8.23. The van der Waals surface area contributed by atoms with E-state index in [0.717, 1.165) is 5.56 Å². The lowest BCUT2D eigenvalue weighted by molar-refractivity contribution is 0.625. The Morgan fingerprint density at radius 1 is 0.733 bits per heavy atom. The van der Waals surface area contributed by atoms with Crippen LogP contribution in [-0.2, 0) is 0 Å². The zero-order chi connectivity index (χ0) is 10.5. The SMILES string of the molecule is Fc1ccccc1/C=C/c1ccccc1. The van der Waals surface area contributed by atoms with E-state index in [4.69, 9.17) is 0 Å². The van der Waals surface area contributed by atoms with Crippen LogP contribution >= 0.6 is 0 Å². The third-order valence-corrected chi connectivity index (χ3v) is 2.16. The first-order chi connectivity index (χ1) is 7.36. The smallest absolute Gasteiger partial charge is 0.130 e. The van der Waals surface area contributed by atoms with Gasteiger partial charge in [-0.2, -0.15) is 0 Å². The van der Waals surface area contributed by atoms with Gasteiger partial charge in [-0.15, -0.1) is 0 Å². The molecule has 0 saturated carbocycles. The molecule has 1 heteroatoms. The Kier molecular flexibility index (Phi) is 2.93. The van der Waals surface area contributed by atoms with Crippen LogP contribution < -0.4 is 0 Å². The lowest BCUT2D eigenvalue weighted by atomic mass is 10.1. The molecule has 0 bridgehead atoms. The Balaban J connectivity index is 2.23. The maximum atomic E-state index is 13.2. The summed E-state index contributed by atoms with van der Waals surface area (Å²) in [6.07, 6.45) is 3.68. The average molecular weight is 198 g/mol. The quantitative estimate of drug-likeness (QED) is 0.640. The van der Waals surface area contributed by atoms with Crippen molar-refractivity contribution in [2.24, 2.45) is 0 Å². The van der Waals surface area contributed by atoms with Crippen LogP contribution in [0.25, 0.3) is 12.2 Å². The summed E-state index contributed by atoms with van der Waals surface area (Å²) in [5.41, 5.74) is 1.68. The van der Waals surface area contributed by atoms with Gasteiger partial charge in [-0.1, -0.05) is 60.7 Å². The average Bonchev–Trinajstić information content (AvgIpc) is 2.29. The standard InChI is InChI=1S/C14H11F/c15-14-9-5-4-8-13(14)11-10-12-6-2-1-3-7-12/h1-11H/b11-10+. The number of benzene rings is 2. The third kappa shape index (κ3) is 2.53. The van der Waals surface area contributed by atoms with E-state index in [0.29, 0.717) is 5.56 Å². The number of hydrogen-bond donors (Lipinski definition) is 0. The number of hydrogen-bond acceptors (Lipinski definition) is 0. The van der Waals surface area contributed by atoms with E-state index in [2.05, 4.69) is 0 Å². The van der Waals surface area contributed by atoms with E-state index in [1.807, 2.05) is 42.5 Å². The Labute approximate surface area is 88.7 Å². The normalized spacial score (nSPS) is 10.7. The van der Waals surface area contributed by atoms with Crippen molar-refractivity contribution >= 4 is 12.2 Å². The first-order valence-electron chi connectivity index (χ1n) is 4.84. The second kappa shape index (κ2) is 4.56. The molecule has 0 heterocycles. The predicted molar refractivity (Wildman–Crippen MR) is 61.8 cm³/mol. The van der Waals surface area contributed by atoms with Crippen molar-refractivity contribution in [3.8, 4) is 0 Å². The Bertz CT molecular complexity index is 458. The molecular formula is C14H11F. The summed E-state index contributed by atoms with van der Waals surface area (Å²) in [4.78, 5) is 0. The van der Waals surface area contributed by atoms with Crippen LogP contribution in [0.2, 0.25) is 0 Å².